The average Bonchev–Trinajstić information content (AvgIpc) is 2.30. The van der Waals surface area contributed by atoms with Crippen LogP contribution in [0, 0.1) is 0 Å². The van der Waals surface area contributed by atoms with Crippen molar-refractivity contribution in [1.29, 1.82) is 0 Å². The van der Waals surface area contributed by atoms with E-state index in [2.05, 4.69) is 5.32 Å². The van der Waals surface area contributed by atoms with Crippen LogP contribution in [0.2, 0.25) is 0 Å². The van der Waals surface area contributed by atoms with E-state index < -0.39 is 6.10 Å². The molecule has 0 saturated carbocycles. The van der Waals surface area contributed by atoms with Crippen molar-refractivity contribution >= 4 is 0 Å². The fourth-order valence-electron chi connectivity index (χ4n) is 1.47. The summed E-state index contributed by atoms with van der Waals surface area (Å²) in [5.74, 6) is 0.858. The number of hydrogen-bond donors (Lipinski definition) is 2. The highest BCUT2D eigenvalue weighted by atomic mass is 16.5. The number of aliphatic hydroxyl groups is 1. The first-order chi connectivity index (χ1) is 7.77. The Morgan fingerprint density at radius 2 is 2.06 bits per heavy atom. The van der Waals surface area contributed by atoms with Gasteiger partial charge in [0.2, 0.25) is 0 Å². The third-order valence-electron chi connectivity index (χ3n) is 2.25. The molecule has 4 heteroatoms. The fraction of sp³-hybridized carbons (Fsp3) is 0.500. The lowest BCUT2D eigenvalue weighted by Crippen LogP contribution is -2.29. The maximum atomic E-state index is 9.43. The molecule has 0 spiro atoms. The summed E-state index contributed by atoms with van der Waals surface area (Å²) in [6.07, 6.45) is -0.472. The van der Waals surface area contributed by atoms with E-state index in [9.17, 15) is 5.11 Å². The van der Waals surface area contributed by atoms with Gasteiger partial charge in [-0.05, 0) is 6.07 Å². The summed E-state index contributed by atoms with van der Waals surface area (Å²) in [6, 6.07) is 7.81. The van der Waals surface area contributed by atoms with Crippen molar-refractivity contribution in [2.45, 2.75) is 12.6 Å². The normalized spacial score (nSPS) is 12.4. The number of rotatable bonds is 7. The molecule has 0 heterocycles. The topological polar surface area (TPSA) is 50.7 Å². The third-order valence-corrected chi connectivity index (χ3v) is 2.25. The molecule has 0 aliphatic carbocycles. The Labute approximate surface area is 96.2 Å². The predicted octanol–water partition coefficient (Wildman–Crippen LogP) is 0.792. The molecule has 0 fully saturated rings. The van der Waals surface area contributed by atoms with Crippen molar-refractivity contribution in [3.8, 4) is 5.75 Å². The van der Waals surface area contributed by atoms with Crippen LogP contribution < -0.4 is 10.1 Å². The first-order valence-corrected chi connectivity index (χ1v) is 5.27. The van der Waals surface area contributed by atoms with E-state index in [-0.39, 0.29) is 0 Å². The highest BCUT2D eigenvalue weighted by Crippen LogP contribution is 2.16. The van der Waals surface area contributed by atoms with Crippen LogP contribution in [0.5, 0.6) is 5.75 Å². The molecule has 0 bridgehead atoms. The maximum Gasteiger partial charge on any atom is 0.123 e. The molecule has 1 atom stereocenters. The Bertz CT molecular complexity index is 304. The van der Waals surface area contributed by atoms with Gasteiger partial charge in [-0.1, -0.05) is 18.2 Å². The van der Waals surface area contributed by atoms with E-state index in [1.807, 2.05) is 24.3 Å². The van der Waals surface area contributed by atoms with Gasteiger partial charge in [0.05, 0.1) is 19.8 Å². The Hall–Kier alpha value is -1.10. The lowest BCUT2D eigenvalue weighted by atomic mass is 10.2. The summed E-state index contributed by atoms with van der Waals surface area (Å²) in [5, 5.41) is 12.6. The highest BCUT2D eigenvalue weighted by Gasteiger charge is 2.04. The van der Waals surface area contributed by atoms with E-state index in [0.29, 0.717) is 19.7 Å². The molecule has 16 heavy (non-hydrogen) atoms. The fourth-order valence-corrected chi connectivity index (χ4v) is 1.47. The van der Waals surface area contributed by atoms with E-state index in [4.69, 9.17) is 9.47 Å². The Morgan fingerprint density at radius 1 is 1.31 bits per heavy atom. The Kier molecular flexibility index (Phi) is 5.85. The minimum atomic E-state index is -0.472. The van der Waals surface area contributed by atoms with Crippen LogP contribution >= 0.6 is 0 Å². The smallest absolute Gasteiger partial charge is 0.123 e. The van der Waals surface area contributed by atoms with Gasteiger partial charge in [-0.15, -0.1) is 0 Å². The second-order valence-electron chi connectivity index (χ2n) is 3.55. The lowest BCUT2D eigenvalue weighted by Gasteiger charge is -2.12. The van der Waals surface area contributed by atoms with Crippen molar-refractivity contribution < 1.29 is 14.6 Å². The zero-order valence-electron chi connectivity index (χ0n) is 9.77. The van der Waals surface area contributed by atoms with Gasteiger partial charge in [0.15, 0.2) is 0 Å². The molecule has 1 aromatic rings. The summed E-state index contributed by atoms with van der Waals surface area (Å²) < 4.78 is 10.1. The number of hydrogen-bond acceptors (Lipinski definition) is 4. The van der Waals surface area contributed by atoms with Crippen molar-refractivity contribution in [3.05, 3.63) is 29.8 Å². The maximum absolute atomic E-state index is 9.43. The van der Waals surface area contributed by atoms with Gasteiger partial charge >= 0.3 is 0 Å². The van der Waals surface area contributed by atoms with Crippen molar-refractivity contribution in [1.82, 2.24) is 5.32 Å². The van der Waals surface area contributed by atoms with Crippen LogP contribution in [0.25, 0.3) is 0 Å². The van der Waals surface area contributed by atoms with Crippen LogP contribution in [-0.2, 0) is 11.3 Å². The second kappa shape index (κ2) is 7.22. The summed E-state index contributed by atoms with van der Waals surface area (Å²) in [5.41, 5.74) is 1.08. The summed E-state index contributed by atoms with van der Waals surface area (Å²) in [7, 11) is 3.22. The molecule has 0 radical (unpaired) electrons. The van der Waals surface area contributed by atoms with E-state index >= 15 is 0 Å². The standard InChI is InChI=1S/C12H19NO3/c1-15-9-11(14)8-13-7-10-5-3-4-6-12(10)16-2/h3-6,11,13-14H,7-9H2,1-2H3. The molecule has 4 nitrogen and oxygen atoms in total. The molecule has 2 N–H and O–H groups in total. The van der Waals surface area contributed by atoms with Crippen molar-refractivity contribution in [3.63, 3.8) is 0 Å². The number of nitrogens with one attached hydrogen (secondary N) is 1. The molecule has 90 valence electrons. The van der Waals surface area contributed by atoms with Crippen LogP contribution in [0.15, 0.2) is 24.3 Å². The van der Waals surface area contributed by atoms with Crippen LogP contribution in [0.3, 0.4) is 0 Å². The van der Waals surface area contributed by atoms with Gasteiger partial charge in [-0.25, -0.2) is 0 Å². The molecule has 0 aliphatic rings. The first-order valence-electron chi connectivity index (χ1n) is 5.27. The minimum Gasteiger partial charge on any atom is -0.496 e. The quantitative estimate of drug-likeness (QED) is 0.720. The van der Waals surface area contributed by atoms with Crippen LogP contribution in [0.4, 0.5) is 0 Å². The molecule has 0 aromatic heterocycles. The van der Waals surface area contributed by atoms with Crippen molar-refractivity contribution in [2.75, 3.05) is 27.4 Å². The van der Waals surface area contributed by atoms with Gasteiger partial charge in [-0.2, -0.15) is 0 Å². The summed E-state index contributed by atoms with van der Waals surface area (Å²) in [4.78, 5) is 0. The summed E-state index contributed by atoms with van der Waals surface area (Å²) >= 11 is 0. The van der Waals surface area contributed by atoms with E-state index in [0.717, 1.165) is 11.3 Å². The monoisotopic (exact) mass is 225 g/mol. The second-order valence-corrected chi connectivity index (χ2v) is 3.55. The molecule has 1 rings (SSSR count). The molecule has 1 unspecified atom stereocenters. The number of para-hydroxylation sites is 1. The van der Waals surface area contributed by atoms with Crippen LogP contribution in [-0.4, -0.2) is 38.6 Å². The minimum absolute atomic E-state index is 0.346. The average molecular weight is 225 g/mol. The third kappa shape index (κ3) is 4.18. The molecule has 0 aliphatic heterocycles. The number of methoxy groups -OCH3 is 2. The lowest BCUT2D eigenvalue weighted by molar-refractivity contribution is 0.0644. The van der Waals surface area contributed by atoms with Gasteiger partial charge in [0.25, 0.3) is 0 Å². The van der Waals surface area contributed by atoms with Crippen LogP contribution in [0.1, 0.15) is 5.56 Å². The zero-order valence-corrected chi connectivity index (χ0v) is 9.77. The first kappa shape index (κ1) is 13.0. The van der Waals surface area contributed by atoms with Gasteiger partial charge in [-0.3, -0.25) is 0 Å². The Morgan fingerprint density at radius 3 is 2.75 bits per heavy atom. The number of benzene rings is 1. The van der Waals surface area contributed by atoms with Gasteiger partial charge < -0.3 is 19.9 Å². The molecule has 0 amide bonds. The predicted molar refractivity (Wildman–Crippen MR) is 62.6 cm³/mol. The summed E-state index contributed by atoms with van der Waals surface area (Å²) in [6.45, 7) is 1.52. The molecule has 1 aromatic carbocycles. The van der Waals surface area contributed by atoms with Gasteiger partial charge in [0.1, 0.15) is 5.75 Å². The molecular formula is C12H19NO3. The van der Waals surface area contributed by atoms with Gasteiger partial charge in [0, 0.05) is 25.8 Å². The number of ether oxygens (including phenoxy) is 2. The Balaban J connectivity index is 2.36. The zero-order chi connectivity index (χ0) is 11.8. The number of aliphatic hydroxyl groups excluding tert-OH is 1. The highest BCUT2D eigenvalue weighted by molar-refractivity contribution is 5.32. The SMILES string of the molecule is COCC(O)CNCc1ccccc1OC. The molecule has 0 saturated heterocycles. The van der Waals surface area contributed by atoms with E-state index in [1.54, 1.807) is 14.2 Å². The largest absolute Gasteiger partial charge is 0.496 e. The van der Waals surface area contributed by atoms with E-state index in [1.165, 1.54) is 0 Å². The molecular weight excluding hydrogens is 206 g/mol. The van der Waals surface area contributed by atoms with Crippen molar-refractivity contribution in [2.24, 2.45) is 0 Å².